The molecule has 0 saturated carbocycles. The number of rotatable bonds is 3. The van der Waals surface area contributed by atoms with Gasteiger partial charge in [-0.25, -0.2) is 9.37 Å². The zero-order valence-electron chi connectivity index (χ0n) is 12.4. The predicted molar refractivity (Wildman–Crippen MR) is 89.3 cm³/mol. The lowest BCUT2D eigenvalue weighted by atomic mass is 10.0. The molecule has 1 heterocycles. The molecule has 1 N–H and O–H groups in total. The van der Waals surface area contributed by atoms with E-state index in [2.05, 4.69) is 53.6 Å². The summed E-state index contributed by atoms with van der Waals surface area (Å²) in [5, 5.41) is 3.35. The summed E-state index contributed by atoms with van der Waals surface area (Å²) in [5.74, 6) is -0.257. The van der Waals surface area contributed by atoms with Crippen molar-refractivity contribution in [3.8, 4) is 11.3 Å². The monoisotopic (exact) mass is 348 g/mol. The minimum Gasteiger partial charge on any atom is -0.380 e. The highest BCUT2D eigenvalue weighted by Crippen LogP contribution is 2.25. The quantitative estimate of drug-likeness (QED) is 0.788. The van der Waals surface area contributed by atoms with Gasteiger partial charge in [-0.1, -0.05) is 6.58 Å². The van der Waals surface area contributed by atoms with Crippen LogP contribution in [-0.4, -0.2) is 10.5 Å². The summed E-state index contributed by atoms with van der Waals surface area (Å²) in [5.41, 5.74) is 3.35. The molecule has 1 aromatic carbocycles. The summed E-state index contributed by atoms with van der Waals surface area (Å²) in [6, 6.07) is 10.1. The minimum atomic E-state index is -0.257. The Hall–Kier alpha value is -1.68. The first-order chi connectivity index (χ1) is 9.74. The number of benzene rings is 1. The SMILES string of the molecule is C=C(NC(C)(C)C)c1cc(Br)nc(-c2ccc(F)cc2)c1. The Kier molecular flexibility index (Phi) is 4.47. The van der Waals surface area contributed by atoms with Crippen molar-refractivity contribution in [3.63, 3.8) is 0 Å². The third kappa shape index (κ3) is 4.39. The second-order valence-corrected chi connectivity index (χ2v) is 6.74. The third-order valence-corrected chi connectivity index (χ3v) is 3.21. The van der Waals surface area contributed by atoms with Crippen LogP contribution in [0, 0.1) is 5.82 Å². The van der Waals surface area contributed by atoms with E-state index in [4.69, 9.17) is 0 Å². The van der Waals surface area contributed by atoms with Crippen LogP contribution >= 0.6 is 15.9 Å². The highest BCUT2D eigenvalue weighted by molar-refractivity contribution is 9.10. The molecule has 0 aliphatic rings. The average Bonchev–Trinajstić information content (AvgIpc) is 2.36. The first-order valence-electron chi connectivity index (χ1n) is 6.65. The van der Waals surface area contributed by atoms with Crippen molar-refractivity contribution in [3.05, 3.63) is 59.0 Å². The normalized spacial score (nSPS) is 11.3. The van der Waals surface area contributed by atoms with Crippen LogP contribution in [0.3, 0.4) is 0 Å². The first kappa shape index (κ1) is 15.7. The molecular formula is C17H18BrFN2. The fraction of sp³-hybridized carbons (Fsp3) is 0.235. The number of halogens is 2. The standard InChI is InChI=1S/C17H18BrFN2/c1-11(21-17(2,3)4)13-9-15(20-16(18)10-13)12-5-7-14(19)8-6-12/h5-10,21H,1H2,2-4H3. The van der Waals surface area contributed by atoms with Gasteiger partial charge in [-0.3, -0.25) is 0 Å². The van der Waals surface area contributed by atoms with Crippen LogP contribution in [-0.2, 0) is 0 Å². The zero-order valence-corrected chi connectivity index (χ0v) is 14.0. The molecule has 21 heavy (non-hydrogen) atoms. The van der Waals surface area contributed by atoms with E-state index >= 15 is 0 Å². The van der Waals surface area contributed by atoms with Gasteiger partial charge >= 0.3 is 0 Å². The van der Waals surface area contributed by atoms with Crippen LogP contribution in [0.5, 0.6) is 0 Å². The molecule has 4 heteroatoms. The van der Waals surface area contributed by atoms with E-state index in [1.807, 2.05) is 12.1 Å². The number of nitrogens with zero attached hydrogens (tertiary/aromatic N) is 1. The molecule has 0 aliphatic carbocycles. The van der Waals surface area contributed by atoms with Crippen LogP contribution in [0.2, 0.25) is 0 Å². The van der Waals surface area contributed by atoms with E-state index in [0.717, 1.165) is 27.1 Å². The second-order valence-electron chi connectivity index (χ2n) is 5.92. The molecule has 2 rings (SSSR count). The van der Waals surface area contributed by atoms with Crippen molar-refractivity contribution in [1.29, 1.82) is 0 Å². The number of aromatic nitrogens is 1. The molecule has 0 spiro atoms. The van der Waals surface area contributed by atoms with E-state index in [1.54, 1.807) is 12.1 Å². The number of hydrogen-bond acceptors (Lipinski definition) is 2. The molecule has 2 nitrogen and oxygen atoms in total. The van der Waals surface area contributed by atoms with Gasteiger partial charge in [-0.05, 0) is 73.1 Å². The number of hydrogen-bond donors (Lipinski definition) is 1. The lowest BCUT2D eigenvalue weighted by molar-refractivity contribution is 0.502. The zero-order chi connectivity index (χ0) is 15.6. The Morgan fingerprint density at radius 3 is 2.38 bits per heavy atom. The van der Waals surface area contributed by atoms with E-state index in [0.29, 0.717) is 0 Å². The average molecular weight is 349 g/mol. The smallest absolute Gasteiger partial charge is 0.123 e. The van der Waals surface area contributed by atoms with Gasteiger partial charge in [0.1, 0.15) is 10.4 Å². The third-order valence-electron chi connectivity index (χ3n) is 2.81. The summed E-state index contributed by atoms with van der Waals surface area (Å²) in [6.07, 6.45) is 0. The Balaban J connectivity index is 2.37. The lowest BCUT2D eigenvalue weighted by Crippen LogP contribution is -2.33. The summed E-state index contributed by atoms with van der Waals surface area (Å²) >= 11 is 3.42. The highest BCUT2D eigenvalue weighted by Gasteiger charge is 2.13. The minimum absolute atomic E-state index is 0.0666. The highest BCUT2D eigenvalue weighted by atomic mass is 79.9. The van der Waals surface area contributed by atoms with Crippen LogP contribution in [0.15, 0.2) is 47.6 Å². The molecular weight excluding hydrogens is 331 g/mol. The second kappa shape index (κ2) is 5.98. The Bertz CT molecular complexity index is 657. The van der Waals surface area contributed by atoms with Gasteiger partial charge in [0.05, 0.1) is 5.69 Å². The summed E-state index contributed by atoms with van der Waals surface area (Å²) in [4.78, 5) is 4.44. The maximum atomic E-state index is 13.0. The van der Waals surface area contributed by atoms with Crippen molar-refractivity contribution < 1.29 is 4.39 Å². The van der Waals surface area contributed by atoms with Crippen molar-refractivity contribution >= 4 is 21.6 Å². The Labute approximate surface area is 133 Å². The number of nitrogens with one attached hydrogen (secondary N) is 1. The maximum absolute atomic E-state index is 13.0. The molecule has 0 atom stereocenters. The summed E-state index contributed by atoms with van der Waals surface area (Å²) in [6.45, 7) is 10.3. The summed E-state index contributed by atoms with van der Waals surface area (Å²) in [7, 11) is 0. The van der Waals surface area contributed by atoms with Crippen LogP contribution < -0.4 is 5.32 Å². The van der Waals surface area contributed by atoms with E-state index in [1.165, 1.54) is 12.1 Å². The maximum Gasteiger partial charge on any atom is 0.123 e. The van der Waals surface area contributed by atoms with Crippen LogP contribution in [0.1, 0.15) is 26.3 Å². The van der Waals surface area contributed by atoms with Gasteiger partial charge in [-0.2, -0.15) is 0 Å². The van der Waals surface area contributed by atoms with Gasteiger partial charge in [0.15, 0.2) is 0 Å². The Morgan fingerprint density at radius 1 is 1.19 bits per heavy atom. The molecule has 0 bridgehead atoms. The van der Waals surface area contributed by atoms with Gasteiger partial charge in [-0.15, -0.1) is 0 Å². The van der Waals surface area contributed by atoms with Crippen molar-refractivity contribution in [2.75, 3.05) is 0 Å². The fourth-order valence-electron chi connectivity index (χ4n) is 1.96. The van der Waals surface area contributed by atoms with Crippen molar-refractivity contribution in [2.24, 2.45) is 0 Å². The number of pyridine rings is 1. The fourth-order valence-corrected chi connectivity index (χ4v) is 2.40. The van der Waals surface area contributed by atoms with Crippen molar-refractivity contribution in [2.45, 2.75) is 26.3 Å². The van der Waals surface area contributed by atoms with E-state index < -0.39 is 0 Å². The van der Waals surface area contributed by atoms with E-state index in [9.17, 15) is 4.39 Å². The van der Waals surface area contributed by atoms with Crippen LogP contribution in [0.25, 0.3) is 17.0 Å². The predicted octanol–water partition coefficient (Wildman–Crippen LogP) is 5.01. The molecule has 0 unspecified atom stereocenters. The van der Waals surface area contributed by atoms with Gasteiger partial charge < -0.3 is 5.32 Å². The largest absolute Gasteiger partial charge is 0.380 e. The molecule has 0 aliphatic heterocycles. The molecule has 1 aromatic heterocycles. The van der Waals surface area contributed by atoms with Gasteiger partial charge in [0, 0.05) is 22.4 Å². The molecule has 2 aromatic rings. The van der Waals surface area contributed by atoms with Gasteiger partial charge in [0.25, 0.3) is 0 Å². The summed E-state index contributed by atoms with van der Waals surface area (Å²) < 4.78 is 13.7. The Morgan fingerprint density at radius 2 is 1.81 bits per heavy atom. The topological polar surface area (TPSA) is 24.9 Å². The van der Waals surface area contributed by atoms with Crippen LogP contribution in [0.4, 0.5) is 4.39 Å². The molecule has 0 fully saturated rings. The van der Waals surface area contributed by atoms with E-state index in [-0.39, 0.29) is 11.4 Å². The molecule has 0 radical (unpaired) electrons. The van der Waals surface area contributed by atoms with Gasteiger partial charge in [0.2, 0.25) is 0 Å². The van der Waals surface area contributed by atoms with Crippen molar-refractivity contribution in [1.82, 2.24) is 10.3 Å². The molecule has 110 valence electrons. The molecule has 0 amide bonds. The lowest BCUT2D eigenvalue weighted by Gasteiger charge is -2.24. The first-order valence-corrected chi connectivity index (χ1v) is 7.45. The molecule has 0 saturated heterocycles.